The maximum absolute atomic E-state index is 9.06. The third-order valence-electron chi connectivity index (χ3n) is 2.46. The quantitative estimate of drug-likeness (QED) is 0.698. The molecule has 5 heteroatoms. The number of aryl methyl sites for hydroxylation is 1. The first kappa shape index (κ1) is 10.3. The molecule has 2 N–H and O–H groups in total. The zero-order valence-electron chi connectivity index (χ0n) is 8.90. The van der Waals surface area contributed by atoms with Gasteiger partial charge in [-0.1, -0.05) is 0 Å². The molecule has 1 fully saturated rings. The zero-order chi connectivity index (χ0) is 10.7. The van der Waals surface area contributed by atoms with Crippen molar-refractivity contribution in [1.82, 2.24) is 15.3 Å². The number of hydrogen-bond acceptors (Lipinski definition) is 5. The molecule has 0 aromatic carbocycles. The average Bonchev–Trinajstić information content (AvgIpc) is 2.29. The van der Waals surface area contributed by atoms with Crippen LogP contribution in [0.5, 0.6) is 0 Å². The largest absolute Gasteiger partial charge is 0.390 e. The standard InChI is InChI=1S/C10H16N4O/c1-8-6-9(7-15)13-10(12-8)14-4-2-11-3-5-14/h6,11,15H,2-5,7H2,1H3. The van der Waals surface area contributed by atoms with Gasteiger partial charge in [0.2, 0.25) is 5.95 Å². The van der Waals surface area contributed by atoms with Crippen molar-refractivity contribution in [2.24, 2.45) is 0 Å². The molecule has 1 aromatic heterocycles. The molecule has 0 atom stereocenters. The van der Waals surface area contributed by atoms with Crippen molar-refractivity contribution >= 4 is 5.95 Å². The summed E-state index contributed by atoms with van der Waals surface area (Å²) in [6.07, 6.45) is 0. The van der Waals surface area contributed by atoms with Crippen LogP contribution in [0.25, 0.3) is 0 Å². The van der Waals surface area contributed by atoms with E-state index in [1.54, 1.807) is 0 Å². The fraction of sp³-hybridized carbons (Fsp3) is 0.600. The maximum Gasteiger partial charge on any atom is 0.225 e. The molecule has 1 saturated heterocycles. The summed E-state index contributed by atoms with van der Waals surface area (Å²) < 4.78 is 0. The van der Waals surface area contributed by atoms with Crippen LogP contribution in [0.3, 0.4) is 0 Å². The monoisotopic (exact) mass is 208 g/mol. The van der Waals surface area contributed by atoms with E-state index in [4.69, 9.17) is 5.11 Å². The summed E-state index contributed by atoms with van der Waals surface area (Å²) in [6.45, 7) is 5.68. The second-order valence-corrected chi connectivity index (χ2v) is 3.70. The van der Waals surface area contributed by atoms with Crippen molar-refractivity contribution in [2.75, 3.05) is 31.1 Å². The van der Waals surface area contributed by atoms with Crippen molar-refractivity contribution in [1.29, 1.82) is 0 Å². The van der Waals surface area contributed by atoms with E-state index in [1.807, 2.05) is 13.0 Å². The second-order valence-electron chi connectivity index (χ2n) is 3.70. The summed E-state index contributed by atoms with van der Waals surface area (Å²) in [4.78, 5) is 10.8. The highest BCUT2D eigenvalue weighted by atomic mass is 16.3. The second kappa shape index (κ2) is 4.55. The highest BCUT2D eigenvalue weighted by Gasteiger charge is 2.13. The molecule has 0 amide bonds. The molecule has 1 aromatic rings. The molecule has 2 heterocycles. The molecule has 5 nitrogen and oxygen atoms in total. The van der Waals surface area contributed by atoms with Crippen molar-refractivity contribution in [3.63, 3.8) is 0 Å². The summed E-state index contributed by atoms with van der Waals surface area (Å²) in [5.74, 6) is 0.737. The molecule has 0 aliphatic carbocycles. The summed E-state index contributed by atoms with van der Waals surface area (Å²) >= 11 is 0. The molecule has 2 rings (SSSR count). The number of hydrogen-bond donors (Lipinski definition) is 2. The number of nitrogens with one attached hydrogen (secondary N) is 1. The van der Waals surface area contributed by atoms with Crippen LogP contribution in [-0.4, -0.2) is 41.3 Å². The number of aliphatic hydroxyl groups excluding tert-OH is 1. The Kier molecular flexibility index (Phi) is 3.13. The van der Waals surface area contributed by atoms with E-state index in [2.05, 4.69) is 20.2 Å². The van der Waals surface area contributed by atoms with Crippen LogP contribution in [0.4, 0.5) is 5.95 Å². The van der Waals surface area contributed by atoms with E-state index >= 15 is 0 Å². The summed E-state index contributed by atoms with van der Waals surface area (Å²) in [7, 11) is 0. The topological polar surface area (TPSA) is 61.3 Å². The van der Waals surface area contributed by atoms with Gasteiger partial charge in [-0.05, 0) is 13.0 Å². The molecule has 15 heavy (non-hydrogen) atoms. The van der Waals surface area contributed by atoms with Crippen molar-refractivity contribution in [2.45, 2.75) is 13.5 Å². The normalized spacial score (nSPS) is 16.8. The Bertz CT molecular complexity index is 336. The number of aliphatic hydroxyl groups is 1. The molecule has 1 aliphatic heterocycles. The van der Waals surface area contributed by atoms with Crippen LogP contribution < -0.4 is 10.2 Å². The van der Waals surface area contributed by atoms with Gasteiger partial charge in [0.15, 0.2) is 0 Å². The van der Waals surface area contributed by atoms with Gasteiger partial charge < -0.3 is 15.3 Å². The predicted octanol–water partition coefficient (Wildman–Crippen LogP) is -0.313. The minimum absolute atomic E-state index is 0.0253. The fourth-order valence-electron chi connectivity index (χ4n) is 1.70. The summed E-state index contributed by atoms with van der Waals surface area (Å²) in [5.41, 5.74) is 1.60. The van der Waals surface area contributed by atoms with E-state index in [0.717, 1.165) is 37.8 Å². The van der Waals surface area contributed by atoms with Gasteiger partial charge in [-0.2, -0.15) is 0 Å². The van der Waals surface area contributed by atoms with Gasteiger partial charge in [0, 0.05) is 31.9 Å². The molecule has 0 radical (unpaired) electrons. The molecular weight excluding hydrogens is 192 g/mol. The van der Waals surface area contributed by atoms with Gasteiger partial charge in [-0.25, -0.2) is 9.97 Å². The van der Waals surface area contributed by atoms with E-state index in [1.165, 1.54) is 0 Å². The first-order valence-electron chi connectivity index (χ1n) is 5.20. The molecule has 0 saturated carbocycles. The first-order valence-corrected chi connectivity index (χ1v) is 5.20. The molecular formula is C10H16N4O. The highest BCUT2D eigenvalue weighted by molar-refractivity contribution is 5.32. The van der Waals surface area contributed by atoms with E-state index in [0.29, 0.717) is 5.69 Å². The molecule has 0 unspecified atom stereocenters. The Labute approximate surface area is 89.2 Å². The fourth-order valence-corrected chi connectivity index (χ4v) is 1.70. The van der Waals surface area contributed by atoms with Gasteiger partial charge in [-0.15, -0.1) is 0 Å². The third-order valence-corrected chi connectivity index (χ3v) is 2.46. The first-order chi connectivity index (χ1) is 7.29. The smallest absolute Gasteiger partial charge is 0.225 e. The Morgan fingerprint density at radius 1 is 1.40 bits per heavy atom. The summed E-state index contributed by atoms with van der Waals surface area (Å²) in [6, 6.07) is 1.81. The maximum atomic E-state index is 9.06. The minimum Gasteiger partial charge on any atom is -0.390 e. The lowest BCUT2D eigenvalue weighted by Crippen LogP contribution is -2.44. The lowest BCUT2D eigenvalue weighted by molar-refractivity contribution is 0.276. The van der Waals surface area contributed by atoms with Crippen LogP contribution in [-0.2, 0) is 6.61 Å². The third kappa shape index (κ3) is 2.43. The van der Waals surface area contributed by atoms with Gasteiger partial charge in [0.25, 0.3) is 0 Å². The molecule has 82 valence electrons. The number of rotatable bonds is 2. The van der Waals surface area contributed by atoms with Gasteiger partial charge in [-0.3, -0.25) is 0 Å². The SMILES string of the molecule is Cc1cc(CO)nc(N2CCNCC2)n1. The Hall–Kier alpha value is -1.20. The van der Waals surface area contributed by atoms with E-state index in [-0.39, 0.29) is 6.61 Å². The van der Waals surface area contributed by atoms with Crippen LogP contribution in [0.2, 0.25) is 0 Å². The van der Waals surface area contributed by atoms with Gasteiger partial charge >= 0.3 is 0 Å². The van der Waals surface area contributed by atoms with Crippen molar-refractivity contribution < 1.29 is 5.11 Å². The lowest BCUT2D eigenvalue weighted by Gasteiger charge is -2.27. The van der Waals surface area contributed by atoms with Crippen LogP contribution in [0.1, 0.15) is 11.4 Å². The van der Waals surface area contributed by atoms with Gasteiger partial charge in [0.05, 0.1) is 12.3 Å². The number of piperazine rings is 1. The van der Waals surface area contributed by atoms with Crippen molar-refractivity contribution in [3.8, 4) is 0 Å². The Morgan fingerprint density at radius 3 is 2.80 bits per heavy atom. The Morgan fingerprint density at radius 2 is 2.13 bits per heavy atom. The number of nitrogens with zero attached hydrogens (tertiary/aromatic N) is 3. The van der Waals surface area contributed by atoms with Crippen LogP contribution in [0, 0.1) is 6.92 Å². The van der Waals surface area contributed by atoms with E-state index in [9.17, 15) is 0 Å². The Balaban J connectivity index is 2.22. The minimum atomic E-state index is -0.0253. The van der Waals surface area contributed by atoms with Crippen molar-refractivity contribution in [3.05, 3.63) is 17.5 Å². The highest BCUT2D eigenvalue weighted by Crippen LogP contribution is 2.10. The summed E-state index contributed by atoms with van der Waals surface area (Å²) in [5, 5.41) is 12.3. The molecule has 0 bridgehead atoms. The molecule has 0 spiro atoms. The predicted molar refractivity (Wildman–Crippen MR) is 57.8 cm³/mol. The van der Waals surface area contributed by atoms with Gasteiger partial charge in [0.1, 0.15) is 0 Å². The van der Waals surface area contributed by atoms with E-state index < -0.39 is 0 Å². The molecule has 1 aliphatic rings. The lowest BCUT2D eigenvalue weighted by atomic mass is 10.3. The average molecular weight is 208 g/mol. The number of aromatic nitrogens is 2. The number of anilines is 1. The van der Waals surface area contributed by atoms with Crippen LogP contribution >= 0.6 is 0 Å². The zero-order valence-corrected chi connectivity index (χ0v) is 8.90. The van der Waals surface area contributed by atoms with Crippen LogP contribution in [0.15, 0.2) is 6.07 Å².